The lowest BCUT2D eigenvalue weighted by Gasteiger charge is -2.15. The summed E-state index contributed by atoms with van der Waals surface area (Å²) in [5.74, 6) is 0. The number of benzene rings is 2. The molecule has 0 N–H and O–H groups in total. The van der Waals surface area contributed by atoms with Crippen LogP contribution < -0.4 is 0 Å². The van der Waals surface area contributed by atoms with Crippen molar-refractivity contribution in [3.63, 3.8) is 0 Å². The maximum absolute atomic E-state index is 3.53. The molecule has 0 saturated heterocycles. The van der Waals surface area contributed by atoms with Crippen molar-refractivity contribution in [3.8, 4) is 16.9 Å². The fourth-order valence-corrected chi connectivity index (χ4v) is 3.04. The second kappa shape index (κ2) is 5.29. The van der Waals surface area contributed by atoms with Crippen molar-refractivity contribution < 1.29 is 0 Å². The Bertz CT molecular complexity index is 741. The van der Waals surface area contributed by atoms with Gasteiger partial charge in [-0.1, -0.05) is 46.3 Å². The van der Waals surface area contributed by atoms with Gasteiger partial charge in [0, 0.05) is 15.9 Å². The van der Waals surface area contributed by atoms with Gasteiger partial charge in [0.2, 0.25) is 0 Å². The van der Waals surface area contributed by atoms with Crippen LogP contribution >= 0.6 is 15.9 Å². The van der Waals surface area contributed by atoms with E-state index in [9.17, 15) is 0 Å². The highest BCUT2D eigenvalue weighted by Gasteiger charge is 2.11. The van der Waals surface area contributed by atoms with Crippen molar-refractivity contribution in [3.05, 3.63) is 76.4 Å². The van der Waals surface area contributed by atoms with Crippen LogP contribution in [0.15, 0.2) is 65.1 Å². The van der Waals surface area contributed by atoms with Gasteiger partial charge in [-0.2, -0.15) is 0 Å². The summed E-state index contributed by atoms with van der Waals surface area (Å²) >= 11 is 3.53. The molecule has 3 rings (SSSR count). The molecule has 0 saturated carbocycles. The van der Waals surface area contributed by atoms with Crippen LogP contribution in [-0.2, 0) is 0 Å². The Kier molecular flexibility index (Phi) is 3.49. The van der Waals surface area contributed by atoms with Gasteiger partial charge < -0.3 is 4.57 Å². The summed E-state index contributed by atoms with van der Waals surface area (Å²) in [7, 11) is 0. The monoisotopic (exact) mass is 325 g/mol. The van der Waals surface area contributed by atoms with Crippen LogP contribution in [0.2, 0.25) is 0 Å². The minimum Gasteiger partial charge on any atom is -0.314 e. The Morgan fingerprint density at radius 3 is 2.30 bits per heavy atom. The van der Waals surface area contributed by atoms with E-state index in [0.29, 0.717) is 0 Å². The molecule has 0 amide bonds. The Labute approximate surface area is 128 Å². The van der Waals surface area contributed by atoms with E-state index in [0.717, 1.165) is 4.47 Å². The molecular formula is C18H16BrN. The van der Waals surface area contributed by atoms with Gasteiger partial charge in [-0.3, -0.25) is 0 Å². The summed E-state index contributed by atoms with van der Waals surface area (Å²) in [6, 6.07) is 21.3. The molecule has 100 valence electrons. The first-order valence-electron chi connectivity index (χ1n) is 6.67. The molecule has 0 aliphatic rings. The van der Waals surface area contributed by atoms with Crippen molar-refractivity contribution in [2.75, 3.05) is 0 Å². The third kappa shape index (κ3) is 2.32. The highest BCUT2D eigenvalue weighted by molar-refractivity contribution is 9.10. The Morgan fingerprint density at radius 2 is 1.60 bits per heavy atom. The zero-order valence-electron chi connectivity index (χ0n) is 11.6. The molecule has 0 bridgehead atoms. The maximum atomic E-state index is 3.53. The second-order valence-electron chi connectivity index (χ2n) is 4.99. The molecule has 0 aliphatic carbocycles. The summed E-state index contributed by atoms with van der Waals surface area (Å²) in [5, 5.41) is 0. The lowest BCUT2D eigenvalue weighted by molar-refractivity contribution is 1.01. The Hall–Kier alpha value is -1.80. The van der Waals surface area contributed by atoms with E-state index in [2.05, 4.69) is 95.0 Å². The lowest BCUT2D eigenvalue weighted by Crippen LogP contribution is -2.01. The fraction of sp³-hybridized carbons (Fsp3) is 0.111. The van der Waals surface area contributed by atoms with Crippen LogP contribution in [0.1, 0.15) is 11.3 Å². The van der Waals surface area contributed by atoms with Gasteiger partial charge in [0.1, 0.15) is 0 Å². The maximum Gasteiger partial charge on any atom is 0.0531 e. The lowest BCUT2D eigenvalue weighted by atomic mass is 10.1. The van der Waals surface area contributed by atoms with Crippen LogP contribution in [0.5, 0.6) is 0 Å². The number of hydrogen-bond acceptors (Lipinski definition) is 0. The number of aryl methyl sites for hydroxylation is 2. The van der Waals surface area contributed by atoms with Crippen molar-refractivity contribution >= 4 is 15.9 Å². The van der Waals surface area contributed by atoms with E-state index in [1.807, 2.05) is 0 Å². The van der Waals surface area contributed by atoms with Crippen LogP contribution in [-0.4, -0.2) is 4.57 Å². The SMILES string of the molecule is Cc1cc(Br)ccc1-n1c(C)ccc1-c1ccccc1. The van der Waals surface area contributed by atoms with Crippen LogP contribution in [0.25, 0.3) is 16.9 Å². The predicted octanol–water partition coefficient (Wildman–Crippen LogP) is 5.52. The van der Waals surface area contributed by atoms with Gasteiger partial charge >= 0.3 is 0 Å². The van der Waals surface area contributed by atoms with Crippen molar-refractivity contribution in [2.45, 2.75) is 13.8 Å². The summed E-state index contributed by atoms with van der Waals surface area (Å²) in [4.78, 5) is 0. The molecule has 3 aromatic rings. The molecule has 0 atom stereocenters. The molecule has 2 aromatic carbocycles. The van der Waals surface area contributed by atoms with Gasteiger partial charge in [-0.05, 0) is 55.3 Å². The highest BCUT2D eigenvalue weighted by Crippen LogP contribution is 2.29. The van der Waals surface area contributed by atoms with Crippen molar-refractivity contribution in [2.24, 2.45) is 0 Å². The van der Waals surface area contributed by atoms with Crippen molar-refractivity contribution in [1.82, 2.24) is 4.57 Å². The Balaban J connectivity index is 2.22. The standard InChI is InChI=1S/C18H16BrN/c1-13-12-16(19)9-11-17(13)20-14(2)8-10-18(20)15-6-4-3-5-7-15/h3-12H,1-2H3. The van der Waals surface area contributed by atoms with E-state index in [1.165, 1.54) is 28.2 Å². The fourth-order valence-electron chi connectivity index (χ4n) is 2.56. The molecule has 0 radical (unpaired) electrons. The number of rotatable bonds is 2. The first kappa shape index (κ1) is 13.2. The van der Waals surface area contributed by atoms with Crippen LogP contribution in [0.3, 0.4) is 0 Å². The summed E-state index contributed by atoms with van der Waals surface area (Å²) in [6.07, 6.45) is 0. The first-order chi connectivity index (χ1) is 9.66. The minimum absolute atomic E-state index is 1.12. The Morgan fingerprint density at radius 1 is 0.850 bits per heavy atom. The smallest absolute Gasteiger partial charge is 0.0531 e. The molecule has 1 nitrogen and oxygen atoms in total. The van der Waals surface area contributed by atoms with Gasteiger partial charge in [-0.25, -0.2) is 0 Å². The van der Waals surface area contributed by atoms with E-state index < -0.39 is 0 Å². The zero-order chi connectivity index (χ0) is 14.1. The van der Waals surface area contributed by atoms with Gasteiger partial charge in [0.05, 0.1) is 5.69 Å². The van der Waals surface area contributed by atoms with Crippen LogP contribution in [0, 0.1) is 13.8 Å². The second-order valence-corrected chi connectivity index (χ2v) is 5.91. The quantitative estimate of drug-likeness (QED) is 0.584. The highest BCUT2D eigenvalue weighted by atomic mass is 79.9. The zero-order valence-corrected chi connectivity index (χ0v) is 13.2. The van der Waals surface area contributed by atoms with E-state index in [4.69, 9.17) is 0 Å². The van der Waals surface area contributed by atoms with E-state index in [1.54, 1.807) is 0 Å². The van der Waals surface area contributed by atoms with E-state index >= 15 is 0 Å². The van der Waals surface area contributed by atoms with Gasteiger partial charge in [0.25, 0.3) is 0 Å². The summed E-state index contributed by atoms with van der Waals surface area (Å²) < 4.78 is 3.43. The van der Waals surface area contributed by atoms with Crippen molar-refractivity contribution in [1.29, 1.82) is 0 Å². The summed E-state index contributed by atoms with van der Waals surface area (Å²) in [5.41, 5.74) is 6.20. The molecule has 2 heteroatoms. The molecule has 0 unspecified atom stereocenters. The number of hydrogen-bond donors (Lipinski definition) is 0. The molecule has 0 aliphatic heterocycles. The predicted molar refractivity (Wildman–Crippen MR) is 88.4 cm³/mol. The number of halogens is 1. The largest absolute Gasteiger partial charge is 0.314 e. The molecule has 20 heavy (non-hydrogen) atoms. The molecule has 1 heterocycles. The average molecular weight is 326 g/mol. The topological polar surface area (TPSA) is 4.93 Å². The van der Waals surface area contributed by atoms with Gasteiger partial charge in [-0.15, -0.1) is 0 Å². The molecular weight excluding hydrogens is 310 g/mol. The minimum atomic E-state index is 1.12. The number of aromatic nitrogens is 1. The summed E-state index contributed by atoms with van der Waals surface area (Å²) in [6.45, 7) is 4.29. The molecule has 1 aromatic heterocycles. The first-order valence-corrected chi connectivity index (χ1v) is 7.46. The third-order valence-corrected chi connectivity index (χ3v) is 4.04. The van der Waals surface area contributed by atoms with Crippen LogP contribution in [0.4, 0.5) is 0 Å². The number of nitrogens with zero attached hydrogens (tertiary/aromatic N) is 1. The normalized spacial score (nSPS) is 10.8. The average Bonchev–Trinajstić information content (AvgIpc) is 2.82. The molecule has 0 fully saturated rings. The molecule has 0 spiro atoms. The third-order valence-electron chi connectivity index (χ3n) is 3.55. The van der Waals surface area contributed by atoms with Gasteiger partial charge in [0.15, 0.2) is 0 Å². The van der Waals surface area contributed by atoms with E-state index in [-0.39, 0.29) is 0 Å².